The van der Waals surface area contributed by atoms with Crippen molar-refractivity contribution >= 4 is 11.7 Å². The lowest BCUT2D eigenvalue weighted by Crippen LogP contribution is -2.44. The number of carbonyl (C=O) groups excluding carboxylic acids is 1. The Balaban J connectivity index is 1.51. The molecule has 1 saturated carbocycles. The van der Waals surface area contributed by atoms with Crippen LogP contribution in [0.2, 0.25) is 0 Å². The van der Waals surface area contributed by atoms with E-state index in [0.29, 0.717) is 18.3 Å². The first-order valence-electron chi connectivity index (χ1n) is 11.0. The summed E-state index contributed by atoms with van der Waals surface area (Å²) in [5, 5.41) is 4.23. The van der Waals surface area contributed by atoms with Crippen LogP contribution in [0.4, 0.5) is 5.82 Å². The Morgan fingerprint density at radius 1 is 1.31 bits per heavy atom. The van der Waals surface area contributed by atoms with Crippen LogP contribution in [0.15, 0.2) is 22.9 Å². The number of anilines is 1. The summed E-state index contributed by atoms with van der Waals surface area (Å²) in [5.41, 5.74) is 0.884. The summed E-state index contributed by atoms with van der Waals surface area (Å²) >= 11 is 0. The van der Waals surface area contributed by atoms with Crippen LogP contribution in [-0.4, -0.2) is 52.6 Å². The minimum absolute atomic E-state index is 0.0104. The zero-order chi connectivity index (χ0) is 20.2. The number of hydrogen-bond donors (Lipinski definition) is 0. The lowest BCUT2D eigenvalue weighted by atomic mass is 9.85. The van der Waals surface area contributed by atoms with Crippen LogP contribution in [0.1, 0.15) is 63.7 Å². The quantitative estimate of drug-likeness (QED) is 0.706. The highest BCUT2D eigenvalue weighted by Crippen LogP contribution is 2.37. The van der Waals surface area contributed by atoms with E-state index >= 15 is 0 Å². The van der Waals surface area contributed by atoms with Crippen LogP contribution in [0.3, 0.4) is 0 Å². The van der Waals surface area contributed by atoms with E-state index < -0.39 is 0 Å². The van der Waals surface area contributed by atoms with Gasteiger partial charge in [-0.1, -0.05) is 24.9 Å². The predicted molar refractivity (Wildman–Crippen MR) is 112 cm³/mol. The van der Waals surface area contributed by atoms with Crippen molar-refractivity contribution in [2.45, 2.75) is 57.8 Å². The molecular weight excluding hydrogens is 366 g/mol. The molecule has 0 N–H and O–H groups in total. The second kappa shape index (κ2) is 8.93. The SMILES string of the molecule is CCCCN(C)C(=O)C1CCCN(c2ncccc2-c2noc(C3CCC3)n2)C1. The Morgan fingerprint density at radius 3 is 2.93 bits per heavy atom. The van der Waals surface area contributed by atoms with Crippen LogP contribution in [0, 0.1) is 5.92 Å². The van der Waals surface area contributed by atoms with Gasteiger partial charge in [-0.25, -0.2) is 4.98 Å². The van der Waals surface area contributed by atoms with Gasteiger partial charge in [0.15, 0.2) is 0 Å². The average Bonchev–Trinajstić information content (AvgIpc) is 3.19. The Morgan fingerprint density at radius 2 is 2.17 bits per heavy atom. The summed E-state index contributed by atoms with van der Waals surface area (Å²) in [6, 6.07) is 3.90. The Hall–Kier alpha value is -2.44. The number of hydrogen-bond acceptors (Lipinski definition) is 6. The van der Waals surface area contributed by atoms with Gasteiger partial charge in [0.2, 0.25) is 17.6 Å². The molecule has 0 aromatic carbocycles. The number of piperidine rings is 1. The van der Waals surface area contributed by atoms with Crippen LogP contribution < -0.4 is 4.90 Å². The third-order valence-corrected chi connectivity index (χ3v) is 6.22. The molecule has 7 heteroatoms. The standard InChI is InChI=1S/C22H31N5O2/c1-3-4-13-26(2)22(28)17-10-7-14-27(15-17)20-18(11-6-12-23-20)19-24-21(29-25-19)16-8-5-9-16/h6,11-12,16-17H,3-5,7-10,13-15H2,1-2H3. The maximum absolute atomic E-state index is 12.9. The summed E-state index contributed by atoms with van der Waals surface area (Å²) in [6.45, 7) is 4.55. The molecule has 1 aliphatic heterocycles. The summed E-state index contributed by atoms with van der Waals surface area (Å²) in [7, 11) is 1.92. The van der Waals surface area contributed by atoms with Gasteiger partial charge in [0.1, 0.15) is 5.82 Å². The minimum Gasteiger partial charge on any atom is -0.355 e. The van der Waals surface area contributed by atoms with Crippen molar-refractivity contribution in [3.63, 3.8) is 0 Å². The predicted octanol–water partition coefficient (Wildman–Crippen LogP) is 3.87. The Labute approximate surface area is 172 Å². The zero-order valence-corrected chi connectivity index (χ0v) is 17.5. The Bertz CT molecular complexity index is 832. The minimum atomic E-state index is 0.0104. The van der Waals surface area contributed by atoms with Crippen molar-refractivity contribution in [3.05, 3.63) is 24.2 Å². The van der Waals surface area contributed by atoms with Gasteiger partial charge in [-0.15, -0.1) is 0 Å². The zero-order valence-electron chi connectivity index (χ0n) is 17.5. The highest BCUT2D eigenvalue weighted by molar-refractivity contribution is 5.80. The van der Waals surface area contributed by atoms with E-state index in [1.54, 1.807) is 6.20 Å². The van der Waals surface area contributed by atoms with Gasteiger partial charge < -0.3 is 14.3 Å². The first-order chi connectivity index (χ1) is 14.2. The van der Waals surface area contributed by atoms with Crippen LogP contribution >= 0.6 is 0 Å². The molecule has 1 aliphatic carbocycles. The first-order valence-corrected chi connectivity index (χ1v) is 11.0. The van der Waals surface area contributed by atoms with E-state index in [2.05, 4.69) is 26.9 Å². The fourth-order valence-electron chi connectivity index (χ4n) is 4.18. The number of nitrogens with zero attached hydrogens (tertiary/aromatic N) is 5. The molecule has 1 amide bonds. The smallest absolute Gasteiger partial charge is 0.230 e. The molecule has 1 saturated heterocycles. The van der Waals surface area contributed by atoms with Gasteiger partial charge in [-0.3, -0.25) is 4.79 Å². The van der Waals surface area contributed by atoms with Crippen molar-refractivity contribution in [1.82, 2.24) is 20.0 Å². The number of amides is 1. The molecule has 0 spiro atoms. The van der Waals surface area contributed by atoms with Crippen LogP contribution in [0.25, 0.3) is 11.4 Å². The van der Waals surface area contributed by atoms with Gasteiger partial charge in [0.05, 0.1) is 11.5 Å². The van der Waals surface area contributed by atoms with Crippen LogP contribution in [0.5, 0.6) is 0 Å². The normalized spacial score (nSPS) is 19.8. The number of aromatic nitrogens is 3. The van der Waals surface area contributed by atoms with Gasteiger partial charge >= 0.3 is 0 Å². The second-order valence-electron chi connectivity index (χ2n) is 8.36. The van der Waals surface area contributed by atoms with E-state index in [4.69, 9.17) is 4.52 Å². The van der Waals surface area contributed by atoms with E-state index in [1.807, 2.05) is 24.1 Å². The van der Waals surface area contributed by atoms with Crippen LogP contribution in [-0.2, 0) is 4.79 Å². The maximum atomic E-state index is 12.9. The monoisotopic (exact) mass is 397 g/mol. The summed E-state index contributed by atoms with van der Waals surface area (Å²) < 4.78 is 5.53. The first kappa shape index (κ1) is 19.9. The molecule has 2 fully saturated rings. The topological polar surface area (TPSA) is 75.4 Å². The van der Waals surface area contributed by atoms with E-state index in [1.165, 1.54) is 6.42 Å². The van der Waals surface area contributed by atoms with Crippen molar-refractivity contribution in [3.8, 4) is 11.4 Å². The lowest BCUT2D eigenvalue weighted by Gasteiger charge is -2.35. The molecule has 2 aromatic rings. The maximum Gasteiger partial charge on any atom is 0.230 e. The molecule has 29 heavy (non-hydrogen) atoms. The molecule has 7 nitrogen and oxygen atoms in total. The highest BCUT2D eigenvalue weighted by Gasteiger charge is 2.31. The fraction of sp³-hybridized carbons (Fsp3) is 0.636. The summed E-state index contributed by atoms with van der Waals surface area (Å²) in [6.07, 6.45) is 9.34. The summed E-state index contributed by atoms with van der Waals surface area (Å²) in [4.78, 5) is 26.3. The van der Waals surface area contributed by atoms with Gasteiger partial charge in [-0.05, 0) is 44.2 Å². The number of carbonyl (C=O) groups is 1. The number of unbranched alkanes of at least 4 members (excludes halogenated alkanes) is 1. The highest BCUT2D eigenvalue weighted by atomic mass is 16.5. The van der Waals surface area contributed by atoms with Crippen molar-refractivity contribution in [1.29, 1.82) is 0 Å². The van der Waals surface area contributed by atoms with Gasteiger partial charge in [0, 0.05) is 38.8 Å². The van der Waals surface area contributed by atoms with Gasteiger partial charge in [-0.2, -0.15) is 4.98 Å². The van der Waals surface area contributed by atoms with Gasteiger partial charge in [0.25, 0.3) is 0 Å². The van der Waals surface area contributed by atoms with Crippen molar-refractivity contribution in [2.24, 2.45) is 5.92 Å². The summed E-state index contributed by atoms with van der Waals surface area (Å²) in [5.74, 6) is 2.85. The molecule has 1 unspecified atom stereocenters. The Kier molecular flexibility index (Phi) is 6.11. The molecule has 1 atom stereocenters. The molecule has 3 heterocycles. The van der Waals surface area contributed by atoms with Crippen molar-refractivity contribution < 1.29 is 9.32 Å². The molecule has 4 rings (SSSR count). The molecule has 2 aliphatic rings. The van der Waals surface area contributed by atoms with E-state index in [0.717, 1.165) is 68.9 Å². The number of rotatable bonds is 7. The third-order valence-electron chi connectivity index (χ3n) is 6.22. The van der Waals surface area contributed by atoms with E-state index in [-0.39, 0.29) is 11.8 Å². The molecule has 0 bridgehead atoms. The fourth-order valence-corrected chi connectivity index (χ4v) is 4.18. The second-order valence-corrected chi connectivity index (χ2v) is 8.36. The van der Waals surface area contributed by atoms with E-state index in [9.17, 15) is 4.79 Å². The number of pyridine rings is 1. The molecule has 0 radical (unpaired) electrons. The average molecular weight is 398 g/mol. The molecule has 156 valence electrons. The molecule has 2 aromatic heterocycles. The van der Waals surface area contributed by atoms with Crippen molar-refractivity contribution in [2.75, 3.05) is 31.6 Å². The largest absolute Gasteiger partial charge is 0.355 e. The molecular formula is C22H31N5O2. The third kappa shape index (κ3) is 4.28. The lowest BCUT2D eigenvalue weighted by molar-refractivity contribution is -0.134.